The van der Waals surface area contributed by atoms with E-state index in [9.17, 15) is 9.90 Å². The molecule has 0 bridgehead atoms. The van der Waals surface area contributed by atoms with E-state index in [0.29, 0.717) is 0 Å². The van der Waals surface area contributed by atoms with Gasteiger partial charge in [-0.2, -0.15) is 0 Å². The highest BCUT2D eigenvalue weighted by molar-refractivity contribution is 6.09. The zero-order chi connectivity index (χ0) is 18.5. The highest BCUT2D eigenvalue weighted by atomic mass is 16.7. The van der Waals surface area contributed by atoms with Crippen molar-refractivity contribution in [2.75, 3.05) is 23.6 Å². The maximum atomic E-state index is 13.7. The number of hydrogen-bond acceptors (Lipinski definition) is 4. The van der Waals surface area contributed by atoms with Gasteiger partial charge in [0.25, 0.3) is 5.91 Å². The Kier molecular flexibility index (Phi) is 4.01. The van der Waals surface area contributed by atoms with Crippen molar-refractivity contribution < 1.29 is 14.7 Å². The molecule has 0 radical (unpaired) electrons. The van der Waals surface area contributed by atoms with E-state index in [0.717, 1.165) is 16.9 Å². The van der Waals surface area contributed by atoms with Crippen LogP contribution in [0.2, 0.25) is 0 Å². The summed E-state index contributed by atoms with van der Waals surface area (Å²) in [6.45, 7) is 4.04. The molecule has 26 heavy (non-hydrogen) atoms. The van der Waals surface area contributed by atoms with E-state index in [2.05, 4.69) is 13.8 Å². The predicted molar refractivity (Wildman–Crippen MR) is 101 cm³/mol. The molecule has 0 unspecified atom stereocenters. The van der Waals surface area contributed by atoms with Gasteiger partial charge in [0.15, 0.2) is 5.54 Å². The first-order chi connectivity index (χ1) is 12.5. The Hall–Kier alpha value is -2.37. The minimum absolute atomic E-state index is 0.0165. The number of para-hydroxylation sites is 2. The van der Waals surface area contributed by atoms with Crippen LogP contribution in [0.5, 0.6) is 0 Å². The number of benzene rings is 2. The van der Waals surface area contributed by atoms with Crippen LogP contribution in [0, 0.1) is 11.8 Å². The Morgan fingerprint density at radius 1 is 1.12 bits per heavy atom. The molecule has 136 valence electrons. The summed E-state index contributed by atoms with van der Waals surface area (Å²) in [5.41, 5.74) is 1.67. The minimum Gasteiger partial charge on any atom is -0.394 e. The summed E-state index contributed by atoms with van der Waals surface area (Å²) >= 11 is 0. The van der Waals surface area contributed by atoms with Crippen molar-refractivity contribution in [1.29, 1.82) is 0 Å². The average molecular weight is 352 g/mol. The molecule has 0 aromatic heterocycles. The highest BCUT2D eigenvalue weighted by Gasteiger charge is 2.66. The normalized spacial score (nSPS) is 27.7. The molecule has 1 fully saturated rings. The smallest absolute Gasteiger partial charge is 0.260 e. The van der Waals surface area contributed by atoms with Gasteiger partial charge in [-0.3, -0.25) is 9.63 Å². The summed E-state index contributed by atoms with van der Waals surface area (Å²) < 4.78 is 0. The average Bonchev–Trinajstić information content (AvgIpc) is 3.13. The van der Waals surface area contributed by atoms with E-state index in [-0.39, 0.29) is 24.3 Å². The lowest BCUT2D eigenvalue weighted by molar-refractivity contribution is -0.125. The van der Waals surface area contributed by atoms with Crippen LogP contribution in [0.3, 0.4) is 0 Å². The Morgan fingerprint density at radius 2 is 1.77 bits per heavy atom. The third kappa shape index (κ3) is 2.07. The molecular formula is C21H24N2O3. The van der Waals surface area contributed by atoms with Crippen molar-refractivity contribution >= 4 is 17.3 Å². The molecule has 1 saturated heterocycles. The second-order valence-electron chi connectivity index (χ2n) is 7.37. The monoisotopic (exact) mass is 352 g/mol. The molecule has 2 aromatic rings. The van der Waals surface area contributed by atoms with Gasteiger partial charge in [-0.15, -0.1) is 0 Å². The summed E-state index contributed by atoms with van der Waals surface area (Å²) in [6.07, 6.45) is -0.446. The van der Waals surface area contributed by atoms with Crippen molar-refractivity contribution in [2.24, 2.45) is 11.8 Å². The number of carbonyl (C=O) groups is 1. The number of hydrogen-bond donors (Lipinski definition) is 1. The molecule has 0 saturated carbocycles. The minimum atomic E-state index is -0.978. The summed E-state index contributed by atoms with van der Waals surface area (Å²) in [4.78, 5) is 21.6. The van der Waals surface area contributed by atoms with Gasteiger partial charge >= 0.3 is 0 Å². The Labute approximate surface area is 153 Å². The summed E-state index contributed by atoms with van der Waals surface area (Å²) in [5.74, 6) is -0.0483. The maximum Gasteiger partial charge on any atom is 0.260 e. The van der Waals surface area contributed by atoms with Crippen molar-refractivity contribution in [2.45, 2.75) is 25.5 Å². The molecular weight excluding hydrogens is 328 g/mol. The van der Waals surface area contributed by atoms with Gasteiger partial charge in [-0.1, -0.05) is 50.2 Å². The molecule has 2 aromatic carbocycles. The lowest BCUT2D eigenvalue weighted by Gasteiger charge is -2.38. The van der Waals surface area contributed by atoms with Gasteiger partial charge < -0.3 is 10.0 Å². The van der Waals surface area contributed by atoms with E-state index >= 15 is 0 Å². The van der Waals surface area contributed by atoms with E-state index in [1.54, 1.807) is 9.96 Å². The molecule has 4 rings (SSSR count). The lowest BCUT2D eigenvalue weighted by atomic mass is 9.71. The topological polar surface area (TPSA) is 53.0 Å². The number of hydroxylamine groups is 1. The maximum absolute atomic E-state index is 13.7. The number of aliphatic hydroxyl groups is 1. The summed E-state index contributed by atoms with van der Waals surface area (Å²) in [5, 5.41) is 11.8. The Bertz CT molecular complexity index is 823. The number of rotatable bonds is 3. The molecule has 5 heteroatoms. The fourth-order valence-electron chi connectivity index (χ4n) is 4.66. The molecule has 2 aliphatic heterocycles. The SMILES string of the molecule is CC(C)[C@H]1[C@H](CO)ON(c2ccccc2)[C@]12C(=O)N(C)c1ccccc12. The first kappa shape index (κ1) is 17.1. The van der Waals surface area contributed by atoms with Crippen LogP contribution in [0.1, 0.15) is 19.4 Å². The number of nitrogens with zero attached hydrogens (tertiary/aromatic N) is 2. The second kappa shape index (κ2) is 6.11. The van der Waals surface area contributed by atoms with Crippen LogP contribution >= 0.6 is 0 Å². The van der Waals surface area contributed by atoms with Crippen molar-refractivity contribution in [3.05, 3.63) is 60.2 Å². The largest absolute Gasteiger partial charge is 0.394 e. The lowest BCUT2D eigenvalue weighted by Crippen LogP contribution is -2.54. The molecule has 1 spiro atoms. The van der Waals surface area contributed by atoms with Gasteiger partial charge in [-0.05, 0) is 24.1 Å². The van der Waals surface area contributed by atoms with Gasteiger partial charge in [-0.25, -0.2) is 5.06 Å². The molecule has 1 amide bonds. The van der Waals surface area contributed by atoms with E-state index in [1.165, 1.54) is 0 Å². The fraction of sp³-hybridized carbons (Fsp3) is 0.381. The van der Waals surface area contributed by atoms with Crippen LogP contribution in [0.4, 0.5) is 11.4 Å². The van der Waals surface area contributed by atoms with E-state index < -0.39 is 11.6 Å². The van der Waals surface area contributed by atoms with Crippen LogP contribution in [0.25, 0.3) is 0 Å². The standard InChI is InChI=1S/C21H24N2O3/c1-14(2)19-18(13-24)26-23(15-9-5-4-6-10-15)21(19)16-11-7-8-12-17(16)22(3)20(21)25/h4-12,14,18-19,24H,13H2,1-3H3/t18-,19-,21-/m0/s1. The van der Waals surface area contributed by atoms with Crippen molar-refractivity contribution in [1.82, 2.24) is 0 Å². The van der Waals surface area contributed by atoms with Crippen LogP contribution in [-0.2, 0) is 15.2 Å². The number of amides is 1. The summed E-state index contributed by atoms with van der Waals surface area (Å²) in [7, 11) is 1.81. The zero-order valence-electron chi connectivity index (χ0n) is 15.3. The quantitative estimate of drug-likeness (QED) is 0.923. The van der Waals surface area contributed by atoms with Gasteiger partial charge in [0.1, 0.15) is 6.10 Å². The molecule has 5 nitrogen and oxygen atoms in total. The second-order valence-corrected chi connectivity index (χ2v) is 7.37. The van der Waals surface area contributed by atoms with Gasteiger partial charge in [0.2, 0.25) is 0 Å². The van der Waals surface area contributed by atoms with Crippen molar-refractivity contribution in [3.8, 4) is 0 Å². The van der Waals surface area contributed by atoms with Gasteiger partial charge in [0.05, 0.1) is 12.3 Å². The number of carbonyl (C=O) groups excluding carboxylic acids is 1. The zero-order valence-corrected chi connectivity index (χ0v) is 15.3. The predicted octanol–water partition coefficient (Wildman–Crippen LogP) is 2.94. The van der Waals surface area contributed by atoms with Crippen molar-refractivity contribution in [3.63, 3.8) is 0 Å². The fourth-order valence-corrected chi connectivity index (χ4v) is 4.66. The van der Waals surface area contributed by atoms with Gasteiger partial charge in [0, 0.05) is 24.2 Å². The first-order valence-electron chi connectivity index (χ1n) is 9.04. The Morgan fingerprint density at radius 3 is 2.42 bits per heavy atom. The third-order valence-electron chi connectivity index (χ3n) is 5.64. The van der Waals surface area contributed by atoms with E-state index in [4.69, 9.17) is 4.84 Å². The van der Waals surface area contributed by atoms with Crippen LogP contribution < -0.4 is 9.96 Å². The number of aliphatic hydroxyl groups excluding tert-OH is 1. The molecule has 1 N–H and O–H groups in total. The highest BCUT2D eigenvalue weighted by Crippen LogP contribution is 2.56. The van der Waals surface area contributed by atoms with Crippen LogP contribution in [0.15, 0.2) is 54.6 Å². The Balaban J connectivity index is 2.01. The third-order valence-corrected chi connectivity index (χ3v) is 5.64. The molecule has 2 heterocycles. The molecule has 0 aliphatic carbocycles. The molecule has 2 aliphatic rings. The van der Waals surface area contributed by atoms with E-state index in [1.807, 2.05) is 61.6 Å². The summed E-state index contributed by atoms with van der Waals surface area (Å²) in [6, 6.07) is 17.5. The number of fused-ring (bicyclic) bond motifs is 2. The number of anilines is 2. The molecule has 3 atom stereocenters. The van der Waals surface area contributed by atoms with Crippen LogP contribution in [-0.4, -0.2) is 30.8 Å². The first-order valence-corrected chi connectivity index (χ1v) is 9.04. The number of likely N-dealkylation sites (N-methyl/N-ethyl adjacent to an activating group) is 1.